The highest BCUT2D eigenvalue weighted by Gasteiger charge is 2.40. The molecule has 0 rings (SSSR count). The number of ether oxygens (including phenoxy) is 1. The molecule has 0 saturated carbocycles. The molecule has 22 heavy (non-hydrogen) atoms. The summed E-state index contributed by atoms with van der Waals surface area (Å²) in [5.41, 5.74) is 0. The van der Waals surface area contributed by atoms with Crippen molar-refractivity contribution >= 4 is 24.4 Å². The first-order valence-electron chi connectivity index (χ1n) is 7.02. The molecule has 0 aromatic heterocycles. The molecule has 2 atom stereocenters. The lowest BCUT2D eigenvalue weighted by Gasteiger charge is -2.39. The van der Waals surface area contributed by atoms with Gasteiger partial charge in [0, 0.05) is 6.08 Å². The highest BCUT2D eigenvalue weighted by Crippen LogP contribution is 2.37. The summed E-state index contributed by atoms with van der Waals surface area (Å²) in [6, 6.07) is 0. The molecule has 0 aromatic carbocycles. The molecule has 0 fully saturated rings. The first-order valence-corrected chi connectivity index (χ1v) is 11.7. The Hall–Kier alpha value is -0.703. The van der Waals surface area contributed by atoms with Crippen molar-refractivity contribution in [2.75, 3.05) is 13.4 Å². The van der Waals surface area contributed by atoms with Crippen LogP contribution in [0.25, 0.3) is 0 Å². The van der Waals surface area contributed by atoms with Crippen LogP contribution in [0.2, 0.25) is 18.1 Å². The Balaban J connectivity index is 5.25. The molecule has 0 unspecified atom stereocenters. The van der Waals surface area contributed by atoms with Gasteiger partial charge < -0.3 is 9.16 Å². The molecule has 0 bridgehead atoms. The van der Waals surface area contributed by atoms with Crippen LogP contribution in [0.3, 0.4) is 0 Å². The van der Waals surface area contributed by atoms with E-state index in [-0.39, 0.29) is 5.04 Å². The topological polar surface area (TPSA) is 78.9 Å². The maximum atomic E-state index is 11.4. The zero-order chi connectivity index (χ0) is 17.8. The number of carbonyl (C=O) groups is 1. The smallest absolute Gasteiger partial charge is 0.330 e. The largest absolute Gasteiger partial charge is 0.466 e. The third kappa shape index (κ3) is 7.53. The molecule has 0 aliphatic rings. The Kier molecular flexibility index (Phi) is 7.47. The molecule has 8 heteroatoms. The van der Waals surface area contributed by atoms with Crippen molar-refractivity contribution in [3.05, 3.63) is 12.2 Å². The average molecular weight is 353 g/mol. The van der Waals surface area contributed by atoms with Gasteiger partial charge in [0.2, 0.25) is 0 Å². The fraction of sp³-hybridized carbons (Fsp3) is 0.786. The van der Waals surface area contributed by atoms with Crippen molar-refractivity contribution in [3.63, 3.8) is 0 Å². The Morgan fingerprint density at radius 3 is 2.09 bits per heavy atom. The Bertz CT molecular complexity index is 504. The van der Waals surface area contributed by atoms with E-state index in [1.165, 1.54) is 13.2 Å². The maximum Gasteiger partial charge on any atom is 0.330 e. The Labute approximate surface area is 135 Å². The van der Waals surface area contributed by atoms with Crippen LogP contribution in [-0.4, -0.2) is 48.3 Å². The van der Waals surface area contributed by atoms with E-state index in [2.05, 4.69) is 38.6 Å². The summed E-state index contributed by atoms with van der Waals surface area (Å²) in [5.74, 6) is -0.582. The van der Waals surface area contributed by atoms with Gasteiger partial charge in [-0.05, 0) is 31.1 Å². The highest BCUT2D eigenvalue weighted by atomic mass is 32.2. The number of hydrogen-bond acceptors (Lipinski definition) is 6. The quantitative estimate of drug-likeness (QED) is 0.303. The van der Waals surface area contributed by atoms with Crippen molar-refractivity contribution < 1.29 is 26.6 Å². The summed E-state index contributed by atoms with van der Waals surface area (Å²) in [5, 5.41) is -0.0248. The molecule has 0 aliphatic heterocycles. The van der Waals surface area contributed by atoms with Gasteiger partial charge in [-0.1, -0.05) is 20.8 Å². The van der Waals surface area contributed by atoms with Crippen LogP contribution in [0.4, 0.5) is 0 Å². The van der Waals surface area contributed by atoms with E-state index in [1.54, 1.807) is 6.92 Å². The predicted octanol–water partition coefficient (Wildman–Crippen LogP) is 2.47. The minimum absolute atomic E-state index is 0.0248. The molecular weight excluding hydrogens is 324 g/mol. The number of methoxy groups -OCH3 is 1. The van der Waals surface area contributed by atoms with E-state index >= 15 is 0 Å². The first kappa shape index (κ1) is 21.3. The fourth-order valence-electron chi connectivity index (χ4n) is 1.42. The summed E-state index contributed by atoms with van der Waals surface area (Å²) in [6.45, 7) is 12.1. The van der Waals surface area contributed by atoms with Crippen molar-refractivity contribution in [2.45, 2.75) is 58.0 Å². The molecular formula is C14H28O6SSi. The number of esters is 1. The van der Waals surface area contributed by atoms with Gasteiger partial charge >= 0.3 is 5.97 Å². The minimum Gasteiger partial charge on any atom is -0.466 e. The van der Waals surface area contributed by atoms with Gasteiger partial charge in [-0.15, -0.1) is 0 Å². The summed E-state index contributed by atoms with van der Waals surface area (Å²) in [4.78, 5) is 11.2. The van der Waals surface area contributed by atoms with E-state index < -0.39 is 36.6 Å². The normalized spacial score (nSPS) is 16.5. The van der Waals surface area contributed by atoms with Crippen LogP contribution < -0.4 is 0 Å². The van der Waals surface area contributed by atoms with Gasteiger partial charge in [0.1, 0.15) is 6.10 Å². The highest BCUT2D eigenvalue weighted by molar-refractivity contribution is 7.86. The lowest BCUT2D eigenvalue weighted by Crippen LogP contribution is -2.46. The zero-order valence-corrected chi connectivity index (χ0v) is 16.5. The van der Waals surface area contributed by atoms with Crippen LogP contribution in [0.15, 0.2) is 12.2 Å². The number of carbonyl (C=O) groups excluding carboxylic acids is 1. The molecule has 0 aliphatic carbocycles. The van der Waals surface area contributed by atoms with Crippen molar-refractivity contribution in [3.8, 4) is 0 Å². The third-order valence-corrected chi connectivity index (χ3v) is 8.80. The lowest BCUT2D eigenvalue weighted by atomic mass is 10.2. The molecule has 0 radical (unpaired) electrons. The van der Waals surface area contributed by atoms with Gasteiger partial charge in [0.15, 0.2) is 8.32 Å². The minimum atomic E-state index is -3.68. The molecule has 6 nitrogen and oxygen atoms in total. The Morgan fingerprint density at radius 1 is 1.23 bits per heavy atom. The van der Waals surface area contributed by atoms with E-state index in [0.29, 0.717) is 0 Å². The van der Waals surface area contributed by atoms with Gasteiger partial charge in [-0.2, -0.15) is 8.42 Å². The van der Waals surface area contributed by atoms with Crippen LogP contribution in [0, 0.1) is 0 Å². The van der Waals surface area contributed by atoms with Gasteiger partial charge in [-0.25, -0.2) is 4.79 Å². The maximum absolute atomic E-state index is 11.4. The van der Waals surface area contributed by atoms with Gasteiger partial charge in [0.05, 0.1) is 19.5 Å². The van der Waals surface area contributed by atoms with Crippen molar-refractivity contribution in [1.82, 2.24) is 0 Å². The van der Waals surface area contributed by atoms with E-state index in [1.807, 2.05) is 0 Å². The molecule has 0 aromatic rings. The summed E-state index contributed by atoms with van der Waals surface area (Å²) < 4.78 is 38.5. The van der Waals surface area contributed by atoms with E-state index in [4.69, 9.17) is 8.61 Å². The van der Waals surface area contributed by atoms with Crippen LogP contribution in [-0.2, 0) is 28.3 Å². The molecule has 0 N–H and O–H groups in total. The van der Waals surface area contributed by atoms with Crippen molar-refractivity contribution in [1.29, 1.82) is 0 Å². The second kappa shape index (κ2) is 7.72. The fourth-order valence-corrected chi connectivity index (χ4v) is 3.46. The molecule has 0 heterocycles. The predicted molar refractivity (Wildman–Crippen MR) is 88.6 cm³/mol. The second-order valence-corrected chi connectivity index (χ2v) is 13.1. The van der Waals surface area contributed by atoms with E-state index in [9.17, 15) is 13.2 Å². The second-order valence-electron chi connectivity index (χ2n) is 6.73. The molecule has 130 valence electrons. The van der Waals surface area contributed by atoms with Crippen molar-refractivity contribution in [2.24, 2.45) is 0 Å². The standard InChI is InChI=1S/C14H28O6SSi/c1-11(20-22(7,8)14(2,3)4)12(19-21(6,16)17)9-10-13(15)18-5/h9-12H,1-8H3/b10-9-/t11-,12-/m1/s1. The number of rotatable bonds is 7. The van der Waals surface area contributed by atoms with Crippen LogP contribution >= 0.6 is 0 Å². The molecule has 0 amide bonds. The van der Waals surface area contributed by atoms with Gasteiger partial charge in [0.25, 0.3) is 10.1 Å². The summed E-state index contributed by atoms with van der Waals surface area (Å²) in [7, 11) is -4.53. The molecule has 0 saturated heterocycles. The monoisotopic (exact) mass is 352 g/mol. The average Bonchev–Trinajstić information content (AvgIpc) is 2.30. The van der Waals surface area contributed by atoms with Crippen LogP contribution in [0.5, 0.6) is 0 Å². The van der Waals surface area contributed by atoms with Crippen LogP contribution in [0.1, 0.15) is 27.7 Å². The zero-order valence-electron chi connectivity index (χ0n) is 14.7. The summed E-state index contributed by atoms with van der Waals surface area (Å²) in [6.07, 6.45) is 2.05. The third-order valence-electron chi connectivity index (χ3n) is 3.66. The first-order chi connectivity index (χ1) is 9.69. The lowest BCUT2D eigenvalue weighted by molar-refractivity contribution is -0.134. The Morgan fingerprint density at radius 2 is 1.73 bits per heavy atom. The SMILES string of the molecule is COC(=O)/C=C\[C@@H](OS(C)(=O)=O)[C@@H](C)O[Si](C)(C)C(C)(C)C. The number of hydrogen-bond donors (Lipinski definition) is 0. The van der Waals surface area contributed by atoms with Gasteiger partial charge in [-0.3, -0.25) is 4.18 Å². The summed E-state index contributed by atoms with van der Waals surface area (Å²) >= 11 is 0. The van der Waals surface area contributed by atoms with E-state index in [0.717, 1.165) is 12.3 Å². The molecule has 0 spiro atoms.